The van der Waals surface area contributed by atoms with E-state index in [4.69, 9.17) is 10.4 Å². The number of hydrogen-bond donors (Lipinski definition) is 2. The highest BCUT2D eigenvalue weighted by atomic mass is 16.8. The highest BCUT2D eigenvalue weighted by molar-refractivity contribution is 5.32. The van der Waals surface area contributed by atoms with Crippen LogP contribution in [0.25, 0.3) is 0 Å². The van der Waals surface area contributed by atoms with E-state index in [1.165, 1.54) is 6.33 Å². The lowest BCUT2D eigenvalue weighted by Gasteiger charge is -2.11. The summed E-state index contributed by atoms with van der Waals surface area (Å²) in [5.41, 5.74) is 0. The maximum atomic E-state index is 8.55. The van der Waals surface area contributed by atoms with Crippen molar-refractivity contribution in [3.05, 3.63) is 6.33 Å². The van der Waals surface area contributed by atoms with Crippen LogP contribution in [0.1, 0.15) is 0 Å². The maximum Gasteiger partial charge on any atom is 0.282 e. The molecule has 1 aromatic rings. The second-order valence-corrected chi connectivity index (χ2v) is 2.27. The average Bonchev–Trinajstić information content (AvgIpc) is 2.04. The second-order valence-electron chi connectivity index (χ2n) is 2.27. The monoisotopic (exact) mass is 171 g/mol. The van der Waals surface area contributed by atoms with Gasteiger partial charge in [-0.25, -0.2) is 4.98 Å². The van der Waals surface area contributed by atoms with Crippen molar-refractivity contribution in [1.82, 2.24) is 15.0 Å². The van der Waals surface area contributed by atoms with Crippen LogP contribution in [-0.4, -0.2) is 39.5 Å². The first kappa shape index (κ1) is 8.62. The molecule has 7 heteroatoms. The molecule has 1 heterocycles. The summed E-state index contributed by atoms with van der Waals surface area (Å²) in [4.78, 5) is 12.6. The first-order chi connectivity index (χ1) is 5.61. The summed E-state index contributed by atoms with van der Waals surface area (Å²) >= 11 is 0. The van der Waals surface area contributed by atoms with E-state index in [0.29, 0.717) is 5.95 Å². The van der Waals surface area contributed by atoms with Gasteiger partial charge < -0.3 is 4.90 Å². The summed E-state index contributed by atoms with van der Waals surface area (Å²) in [5.74, 6) is 0.141. The molecule has 0 atom stereocenters. The molecule has 7 nitrogen and oxygen atoms in total. The van der Waals surface area contributed by atoms with Gasteiger partial charge in [-0.05, 0) is 0 Å². The molecular weight excluding hydrogens is 162 g/mol. The molecule has 0 radical (unpaired) electrons. The molecule has 0 aromatic carbocycles. The summed E-state index contributed by atoms with van der Waals surface area (Å²) in [6, 6.07) is 0. The number of anilines is 2. The summed E-state index contributed by atoms with van der Waals surface area (Å²) in [7, 11) is 3.47. The molecule has 0 bridgehead atoms. The summed E-state index contributed by atoms with van der Waals surface area (Å²) in [6.45, 7) is 0. The van der Waals surface area contributed by atoms with Gasteiger partial charge in [-0.1, -0.05) is 5.23 Å². The normalized spacial score (nSPS) is 9.67. The fraction of sp³-hybridized carbons (Fsp3) is 0.400. The lowest BCUT2D eigenvalue weighted by atomic mass is 10.8. The van der Waals surface area contributed by atoms with Crippen LogP contribution < -0.4 is 10.1 Å². The van der Waals surface area contributed by atoms with Crippen LogP contribution >= 0.6 is 0 Å². The molecule has 1 rings (SSSR count). The molecule has 0 unspecified atom stereocenters. The quantitative estimate of drug-likeness (QED) is 0.581. The zero-order valence-corrected chi connectivity index (χ0v) is 6.71. The van der Waals surface area contributed by atoms with Crippen molar-refractivity contribution >= 4 is 11.9 Å². The minimum atomic E-state index is -0.214. The molecular formula is C5H9N5O2. The van der Waals surface area contributed by atoms with E-state index in [1.54, 1.807) is 19.0 Å². The second kappa shape index (κ2) is 3.28. The molecule has 0 amide bonds. The number of nitrogens with zero attached hydrogens (tertiary/aromatic N) is 5. The first-order valence-electron chi connectivity index (χ1n) is 3.15. The number of aromatic nitrogens is 3. The molecule has 0 saturated carbocycles. The van der Waals surface area contributed by atoms with E-state index in [-0.39, 0.29) is 11.2 Å². The third kappa shape index (κ3) is 1.77. The third-order valence-corrected chi connectivity index (χ3v) is 1.13. The highest BCUT2D eigenvalue weighted by Crippen LogP contribution is 2.05. The minimum Gasteiger partial charge on any atom is -0.347 e. The van der Waals surface area contributed by atoms with Crippen molar-refractivity contribution in [2.45, 2.75) is 0 Å². The van der Waals surface area contributed by atoms with Gasteiger partial charge in [0.2, 0.25) is 5.95 Å². The predicted molar refractivity (Wildman–Crippen MR) is 40.2 cm³/mol. The SMILES string of the molecule is CN(C)c1ncnc(N(O)O)n1. The molecule has 12 heavy (non-hydrogen) atoms. The Labute approximate surface area is 68.8 Å². The van der Waals surface area contributed by atoms with E-state index in [1.807, 2.05) is 0 Å². The minimum absolute atomic E-state index is 0.158. The Morgan fingerprint density at radius 2 is 1.75 bits per heavy atom. The first-order valence-corrected chi connectivity index (χ1v) is 3.15. The van der Waals surface area contributed by atoms with Crippen LogP contribution in [0.4, 0.5) is 11.9 Å². The van der Waals surface area contributed by atoms with Crippen molar-refractivity contribution in [2.75, 3.05) is 24.2 Å². The summed E-state index contributed by atoms with van der Waals surface area (Å²) < 4.78 is 0. The van der Waals surface area contributed by atoms with Gasteiger partial charge in [0.25, 0.3) is 5.95 Å². The van der Waals surface area contributed by atoms with E-state index < -0.39 is 0 Å². The van der Waals surface area contributed by atoms with Gasteiger partial charge in [-0.3, -0.25) is 10.4 Å². The molecule has 0 aliphatic rings. The Balaban J connectivity index is 2.96. The van der Waals surface area contributed by atoms with Crippen molar-refractivity contribution < 1.29 is 10.4 Å². The van der Waals surface area contributed by atoms with Crippen LogP contribution in [0, 0.1) is 0 Å². The van der Waals surface area contributed by atoms with Gasteiger partial charge in [0.15, 0.2) is 0 Å². The lowest BCUT2D eigenvalue weighted by molar-refractivity contribution is 0.0241. The molecule has 0 fully saturated rings. The van der Waals surface area contributed by atoms with E-state index in [2.05, 4.69) is 15.0 Å². The number of rotatable bonds is 2. The predicted octanol–water partition coefficient (Wildman–Crippen LogP) is -0.478. The topological polar surface area (TPSA) is 85.6 Å². The summed E-state index contributed by atoms with van der Waals surface area (Å²) in [5, 5.41) is 16.9. The molecule has 0 aliphatic carbocycles. The Bertz CT molecular complexity index is 241. The molecule has 0 aliphatic heterocycles. The Hall–Kier alpha value is -1.47. The zero-order chi connectivity index (χ0) is 9.14. The molecule has 1 aromatic heterocycles. The van der Waals surface area contributed by atoms with Crippen LogP contribution in [0.2, 0.25) is 0 Å². The lowest BCUT2D eigenvalue weighted by Crippen LogP contribution is -2.18. The molecule has 0 saturated heterocycles. The van der Waals surface area contributed by atoms with Crippen LogP contribution in [0.5, 0.6) is 0 Å². The van der Waals surface area contributed by atoms with Gasteiger partial charge in [0.05, 0.1) is 0 Å². The van der Waals surface area contributed by atoms with Crippen molar-refractivity contribution in [3.8, 4) is 0 Å². The van der Waals surface area contributed by atoms with E-state index >= 15 is 0 Å². The Morgan fingerprint density at radius 1 is 1.17 bits per heavy atom. The molecule has 66 valence electrons. The van der Waals surface area contributed by atoms with Crippen LogP contribution in [0.15, 0.2) is 6.33 Å². The van der Waals surface area contributed by atoms with Gasteiger partial charge in [0, 0.05) is 14.1 Å². The average molecular weight is 171 g/mol. The molecule has 0 spiro atoms. The molecule has 2 N–H and O–H groups in total. The van der Waals surface area contributed by atoms with Crippen molar-refractivity contribution in [2.24, 2.45) is 0 Å². The largest absolute Gasteiger partial charge is 0.347 e. The zero-order valence-electron chi connectivity index (χ0n) is 6.71. The van der Waals surface area contributed by atoms with Gasteiger partial charge >= 0.3 is 0 Å². The fourth-order valence-electron chi connectivity index (χ4n) is 0.591. The summed E-state index contributed by atoms with van der Waals surface area (Å²) in [6.07, 6.45) is 1.19. The maximum absolute atomic E-state index is 8.55. The van der Waals surface area contributed by atoms with E-state index in [0.717, 1.165) is 0 Å². The third-order valence-electron chi connectivity index (χ3n) is 1.13. The number of hydrogen-bond acceptors (Lipinski definition) is 7. The standard InChI is InChI=1S/C5H9N5O2/c1-9(2)4-6-3-7-5(8-4)10(11)12/h3,11-12H,1-2H3. The smallest absolute Gasteiger partial charge is 0.282 e. The van der Waals surface area contributed by atoms with Crippen LogP contribution in [0.3, 0.4) is 0 Å². The van der Waals surface area contributed by atoms with Crippen LogP contribution in [-0.2, 0) is 0 Å². The van der Waals surface area contributed by atoms with Gasteiger partial charge in [-0.2, -0.15) is 9.97 Å². The Kier molecular flexibility index (Phi) is 2.36. The van der Waals surface area contributed by atoms with E-state index in [9.17, 15) is 0 Å². The fourth-order valence-corrected chi connectivity index (χ4v) is 0.591. The van der Waals surface area contributed by atoms with Gasteiger partial charge in [-0.15, -0.1) is 0 Å². The van der Waals surface area contributed by atoms with Crippen molar-refractivity contribution in [1.29, 1.82) is 0 Å². The highest BCUT2D eigenvalue weighted by Gasteiger charge is 2.05. The Morgan fingerprint density at radius 3 is 2.25 bits per heavy atom. The van der Waals surface area contributed by atoms with Crippen molar-refractivity contribution in [3.63, 3.8) is 0 Å². The van der Waals surface area contributed by atoms with Gasteiger partial charge in [0.1, 0.15) is 6.33 Å².